The van der Waals surface area contributed by atoms with Crippen molar-refractivity contribution < 1.29 is 9.00 Å². The molecule has 0 aliphatic carbocycles. The maximum Gasteiger partial charge on any atom is 0.315 e. The summed E-state index contributed by atoms with van der Waals surface area (Å²) in [6.45, 7) is 0.773. The summed E-state index contributed by atoms with van der Waals surface area (Å²) in [7, 11) is 2.85. The molecule has 0 spiro atoms. The number of anilines is 1. The summed E-state index contributed by atoms with van der Waals surface area (Å²) < 4.78 is 11.3. The van der Waals surface area contributed by atoms with Gasteiger partial charge in [-0.2, -0.15) is 0 Å². The Kier molecular flexibility index (Phi) is 6.31. The summed E-state index contributed by atoms with van der Waals surface area (Å²) >= 11 is 0. The summed E-state index contributed by atoms with van der Waals surface area (Å²) in [6, 6.07) is 12.8. The number of urea groups is 1. The van der Waals surface area contributed by atoms with Gasteiger partial charge in [0.15, 0.2) is 0 Å². The van der Waals surface area contributed by atoms with Gasteiger partial charge in [0, 0.05) is 42.6 Å². The van der Waals surface area contributed by atoms with Crippen molar-refractivity contribution in [1.29, 1.82) is 0 Å². The highest BCUT2D eigenvalue weighted by Gasteiger charge is 2.04. The Hall–Kier alpha value is -2.41. The number of nitrogens with zero attached hydrogens (tertiary/aromatic N) is 2. The Balaban J connectivity index is 1.81. The lowest BCUT2D eigenvalue weighted by atomic mass is 10.2. The zero-order valence-electron chi connectivity index (χ0n) is 14.1. The second-order valence-electron chi connectivity index (χ2n) is 5.52. The number of aromatic nitrogens is 1. The third-order valence-electron chi connectivity index (χ3n) is 3.39. The van der Waals surface area contributed by atoms with E-state index in [9.17, 15) is 9.00 Å². The standard InChI is InChI=1S/C17H22N4O2S/c1-21(2)16-6-4-5-14(20-16)12-19-17(22)18-11-13-7-9-15(10-8-13)24(3)23/h4-10H,11-12H2,1-3H3,(H2,18,19,22). The first kappa shape index (κ1) is 17.9. The predicted octanol–water partition coefficient (Wildman–Crippen LogP) is 1.88. The molecular formula is C17H22N4O2S. The minimum atomic E-state index is -0.990. The van der Waals surface area contributed by atoms with Crippen LogP contribution in [0.15, 0.2) is 47.4 Å². The average Bonchev–Trinajstić information content (AvgIpc) is 2.58. The second kappa shape index (κ2) is 8.44. The van der Waals surface area contributed by atoms with Crippen LogP contribution in [0, 0.1) is 0 Å². The first-order valence-corrected chi connectivity index (χ1v) is 9.09. The normalized spacial score (nSPS) is 11.6. The van der Waals surface area contributed by atoms with Gasteiger partial charge in [-0.1, -0.05) is 18.2 Å². The number of carbonyl (C=O) groups excluding carboxylic acids is 1. The molecule has 1 heterocycles. The number of carbonyl (C=O) groups is 1. The Bertz CT molecular complexity index is 717. The summed E-state index contributed by atoms with van der Waals surface area (Å²) in [6.07, 6.45) is 1.64. The van der Waals surface area contributed by atoms with Gasteiger partial charge in [0.05, 0.1) is 12.2 Å². The predicted molar refractivity (Wildman–Crippen MR) is 96.4 cm³/mol. The molecule has 1 aromatic heterocycles. The van der Waals surface area contributed by atoms with Gasteiger partial charge < -0.3 is 15.5 Å². The molecule has 0 saturated heterocycles. The molecule has 2 amide bonds. The molecule has 1 atom stereocenters. The van der Waals surface area contributed by atoms with Crippen LogP contribution < -0.4 is 15.5 Å². The summed E-state index contributed by atoms with van der Waals surface area (Å²) in [4.78, 5) is 19.0. The second-order valence-corrected chi connectivity index (χ2v) is 6.90. The van der Waals surface area contributed by atoms with Crippen molar-refractivity contribution in [2.45, 2.75) is 18.0 Å². The van der Waals surface area contributed by atoms with Crippen LogP contribution in [0.2, 0.25) is 0 Å². The molecule has 0 bridgehead atoms. The van der Waals surface area contributed by atoms with Gasteiger partial charge in [-0.25, -0.2) is 9.78 Å². The van der Waals surface area contributed by atoms with Gasteiger partial charge in [0.1, 0.15) is 5.82 Å². The largest absolute Gasteiger partial charge is 0.363 e. The van der Waals surface area contributed by atoms with E-state index in [1.54, 1.807) is 6.26 Å². The van der Waals surface area contributed by atoms with Crippen molar-refractivity contribution in [3.63, 3.8) is 0 Å². The third kappa shape index (κ3) is 5.34. The Morgan fingerprint density at radius 1 is 1.08 bits per heavy atom. The van der Waals surface area contributed by atoms with E-state index in [2.05, 4.69) is 15.6 Å². The fourth-order valence-corrected chi connectivity index (χ4v) is 2.55. The topological polar surface area (TPSA) is 74.3 Å². The van der Waals surface area contributed by atoms with E-state index in [0.717, 1.165) is 22.0 Å². The van der Waals surface area contributed by atoms with Gasteiger partial charge >= 0.3 is 6.03 Å². The molecule has 0 aliphatic heterocycles. The van der Waals surface area contributed by atoms with Crippen molar-refractivity contribution in [1.82, 2.24) is 15.6 Å². The summed E-state index contributed by atoms with van der Waals surface area (Å²) in [5.74, 6) is 0.850. The first-order chi connectivity index (χ1) is 11.5. The Labute approximate surface area is 144 Å². The molecule has 0 radical (unpaired) electrons. The first-order valence-electron chi connectivity index (χ1n) is 7.53. The summed E-state index contributed by atoms with van der Waals surface area (Å²) in [5.41, 5.74) is 1.75. The molecule has 7 heteroatoms. The fraction of sp³-hybridized carbons (Fsp3) is 0.294. The Morgan fingerprint density at radius 3 is 2.38 bits per heavy atom. The third-order valence-corrected chi connectivity index (χ3v) is 4.32. The smallest absolute Gasteiger partial charge is 0.315 e. The van der Waals surface area contributed by atoms with Gasteiger partial charge in [0.2, 0.25) is 0 Å². The van der Waals surface area contributed by atoms with Crippen LogP contribution in [0.1, 0.15) is 11.3 Å². The van der Waals surface area contributed by atoms with Crippen LogP contribution in [0.3, 0.4) is 0 Å². The van der Waals surface area contributed by atoms with E-state index in [1.807, 2.05) is 61.5 Å². The monoisotopic (exact) mass is 346 g/mol. The minimum absolute atomic E-state index is 0.254. The highest BCUT2D eigenvalue weighted by molar-refractivity contribution is 7.84. The van der Waals surface area contributed by atoms with Crippen LogP contribution >= 0.6 is 0 Å². The van der Waals surface area contributed by atoms with Crippen molar-refractivity contribution in [2.24, 2.45) is 0 Å². The molecule has 0 saturated carbocycles. The van der Waals surface area contributed by atoms with Crippen molar-refractivity contribution in [3.05, 3.63) is 53.7 Å². The van der Waals surface area contributed by atoms with Gasteiger partial charge in [-0.3, -0.25) is 4.21 Å². The number of rotatable bonds is 6. The van der Waals surface area contributed by atoms with Crippen LogP contribution in [0.4, 0.5) is 10.6 Å². The maximum atomic E-state index is 11.9. The SMILES string of the molecule is CN(C)c1cccc(CNC(=O)NCc2ccc(S(C)=O)cc2)n1. The average molecular weight is 346 g/mol. The quantitative estimate of drug-likeness (QED) is 0.838. The molecule has 2 aromatic rings. The number of amides is 2. The van der Waals surface area contributed by atoms with Gasteiger partial charge in [-0.05, 0) is 29.8 Å². The lowest BCUT2D eigenvalue weighted by molar-refractivity contribution is 0.240. The van der Waals surface area contributed by atoms with E-state index < -0.39 is 10.8 Å². The highest BCUT2D eigenvalue weighted by Crippen LogP contribution is 2.08. The van der Waals surface area contributed by atoms with Crippen LogP contribution in [0.25, 0.3) is 0 Å². The van der Waals surface area contributed by atoms with Crippen LogP contribution in [0.5, 0.6) is 0 Å². The molecule has 1 unspecified atom stereocenters. The Morgan fingerprint density at radius 2 is 1.75 bits per heavy atom. The molecule has 24 heavy (non-hydrogen) atoms. The molecule has 128 valence electrons. The van der Waals surface area contributed by atoms with E-state index in [4.69, 9.17) is 0 Å². The number of hydrogen-bond donors (Lipinski definition) is 2. The van der Waals surface area contributed by atoms with Crippen molar-refractivity contribution in [2.75, 3.05) is 25.3 Å². The van der Waals surface area contributed by atoms with E-state index in [0.29, 0.717) is 13.1 Å². The summed E-state index contributed by atoms with van der Waals surface area (Å²) in [5, 5.41) is 5.58. The molecular weight excluding hydrogens is 324 g/mol. The van der Waals surface area contributed by atoms with Crippen molar-refractivity contribution in [3.8, 4) is 0 Å². The number of hydrogen-bond acceptors (Lipinski definition) is 4. The van der Waals surface area contributed by atoms with Crippen LogP contribution in [-0.2, 0) is 23.9 Å². The zero-order chi connectivity index (χ0) is 17.5. The number of nitrogens with one attached hydrogen (secondary N) is 2. The molecule has 0 aliphatic rings. The van der Waals surface area contributed by atoms with E-state index in [1.165, 1.54) is 0 Å². The molecule has 6 nitrogen and oxygen atoms in total. The molecule has 2 rings (SSSR count). The zero-order valence-corrected chi connectivity index (χ0v) is 14.9. The highest BCUT2D eigenvalue weighted by atomic mass is 32.2. The molecule has 1 aromatic carbocycles. The van der Waals surface area contributed by atoms with E-state index >= 15 is 0 Å². The minimum Gasteiger partial charge on any atom is -0.363 e. The number of benzene rings is 1. The fourth-order valence-electron chi connectivity index (χ4n) is 2.03. The van der Waals surface area contributed by atoms with E-state index in [-0.39, 0.29) is 6.03 Å². The van der Waals surface area contributed by atoms with Gasteiger partial charge in [0.25, 0.3) is 0 Å². The lowest BCUT2D eigenvalue weighted by Crippen LogP contribution is -2.34. The number of pyridine rings is 1. The van der Waals surface area contributed by atoms with Crippen molar-refractivity contribution >= 4 is 22.6 Å². The molecule has 2 N–H and O–H groups in total. The van der Waals surface area contributed by atoms with Gasteiger partial charge in [-0.15, -0.1) is 0 Å². The lowest BCUT2D eigenvalue weighted by Gasteiger charge is -2.13. The van der Waals surface area contributed by atoms with Crippen LogP contribution in [-0.4, -0.2) is 35.6 Å². The maximum absolute atomic E-state index is 11.9. The molecule has 0 fully saturated rings.